The van der Waals surface area contributed by atoms with Crippen LogP contribution in [-0.4, -0.2) is 50.3 Å². The summed E-state index contributed by atoms with van der Waals surface area (Å²) in [5, 5.41) is 3.51. The van der Waals surface area contributed by atoms with Crippen molar-refractivity contribution in [1.29, 1.82) is 0 Å². The average molecular weight is 212 g/mol. The Morgan fingerprint density at radius 2 is 2.40 bits per heavy atom. The third-order valence-corrected chi connectivity index (χ3v) is 2.81. The van der Waals surface area contributed by atoms with Crippen LogP contribution in [0.25, 0.3) is 0 Å². The van der Waals surface area contributed by atoms with Gasteiger partial charge in [0.1, 0.15) is 0 Å². The van der Waals surface area contributed by atoms with E-state index in [0.717, 1.165) is 32.7 Å². The largest absolute Gasteiger partial charge is 0.374 e. The summed E-state index contributed by atoms with van der Waals surface area (Å²) < 4.78 is 5.80. The first-order valence-electron chi connectivity index (χ1n) is 5.84. The molecule has 1 rings (SSSR count). The van der Waals surface area contributed by atoms with Crippen molar-refractivity contribution in [2.24, 2.45) is 0 Å². The SMILES string of the molecule is C=C(C)C(NCCC)C1CN(C)CCO1. The first-order chi connectivity index (χ1) is 7.15. The highest BCUT2D eigenvalue weighted by Gasteiger charge is 2.26. The topological polar surface area (TPSA) is 24.5 Å². The Morgan fingerprint density at radius 1 is 1.67 bits per heavy atom. The number of hydrogen-bond donors (Lipinski definition) is 1. The van der Waals surface area contributed by atoms with Crippen molar-refractivity contribution in [1.82, 2.24) is 10.2 Å². The van der Waals surface area contributed by atoms with E-state index in [1.807, 2.05) is 0 Å². The van der Waals surface area contributed by atoms with Crippen molar-refractivity contribution in [3.8, 4) is 0 Å². The number of morpholine rings is 1. The van der Waals surface area contributed by atoms with E-state index in [1.165, 1.54) is 5.57 Å². The molecule has 0 aromatic rings. The number of rotatable bonds is 5. The van der Waals surface area contributed by atoms with Gasteiger partial charge in [0.2, 0.25) is 0 Å². The molecule has 0 aliphatic carbocycles. The van der Waals surface area contributed by atoms with Gasteiger partial charge in [-0.05, 0) is 26.9 Å². The van der Waals surface area contributed by atoms with E-state index >= 15 is 0 Å². The molecule has 3 heteroatoms. The Kier molecular flexibility index (Phi) is 5.29. The Labute approximate surface area is 93.5 Å². The number of hydrogen-bond acceptors (Lipinski definition) is 3. The van der Waals surface area contributed by atoms with Gasteiger partial charge in [0, 0.05) is 13.1 Å². The van der Waals surface area contributed by atoms with Crippen LogP contribution < -0.4 is 5.32 Å². The Bertz CT molecular complexity index is 206. The van der Waals surface area contributed by atoms with Gasteiger partial charge < -0.3 is 15.0 Å². The van der Waals surface area contributed by atoms with Crippen LogP contribution in [0.2, 0.25) is 0 Å². The van der Waals surface area contributed by atoms with Crippen molar-refractivity contribution in [3.63, 3.8) is 0 Å². The van der Waals surface area contributed by atoms with E-state index in [2.05, 4.69) is 37.7 Å². The van der Waals surface area contributed by atoms with Crippen LogP contribution in [0.3, 0.4) is 0 Å². The maximum atomic E-state index is 5.80. The molecule has 0 bridgehead atoms. The van der Waals surface area contributed by atoms with Gasteiger partial charge in [0.05, 0.1) is 18.8 Å². The maximum Gasteiger partial charge on any atom is 0.0893 e. The summed E-state index contributed by atoms with van der Waals surface area (Å²) >= 11 is 0. The second kappa shape index (κ2) is 6.26. The van der Waals surface area contributed by atoms with Gasteiger partial charge in [-0.15, -0.1) is 0 Å². The van der Waals surface area contributed by atoms with Crippen LogP contribution in [0.15, 0.2) is 12.2 Å². The van der Waals surface area contributed by atoms with Crippen LogP contribution in [0, 0.1) is 0 Å². The molecule has 1 aliphatic rings. The molecule has 0 saturated carbocycles. The molecule has 3 nitrogen and oxygen atoms in total. The van der Waals surface area contributed by atoms with E-state index in [0.29, 0.717) is 6.04 Å². The van der Waals surface area contributed by atoms with Crippen molar-refractivity contribution >= 4 is 0 Å². The molecule has 1 fully saturated rings. The fraction of sp³-hybridized carbons (Fsp3) is 0.833. The Hall–Kier alpha value is -0.380. The minimum Gasteiger partial charge on any atom is -0.374 e. The van der Waals surface area contributed by atoms with Gasteiger partial charge in [0.25, 0.3) is 0 Å². The molecule has 1 aliphatic heterocycles. The molecule has 88 valence electrons. The second-order valence-electron chi connectivity index (χ2n) is 4.45. The molecular weight excluding hydrogens is 188 g/mol. The predicted molar refractivity (Wildman–Crippen MR) is 64.1 cm³/mol. The molecule has 0 amide bonds. The molecule has 0 radical (unpaired) electrons. The summed E-state index contributed by atoms with van der Waals surface area (Å²) in [6.45, 7) is 12.2. The molecule has 0 aromatic heterocycles. The number of likely N-dealkylation sites (N-methyl/N-ethyl adjacent to an activating group) is 1. The Balaban J connectivity index is 2.50. The Morgan fingerprint density at radius 3 is 2.93 bits per heavy atom. The van der Waals surface area contributed by atoms with E-state index in [9.17, 15) is 0 Å². The third-order valence-electron chi connectivity index (χ3n) is 2.81. The summed E-state index contributed by atoms with van der Waals surface area (Å²) in [6.07, 6.45) is 1.40. The number of nitrogens with one attached hydrogen (secondary N) is 1. The molecule has 2 atom stereocenters. The zero-order valence-corrected chi connectivity index (χ0v) is 10.3. The lowest BCUT2D eigenvalue weighted by Gasteiger charge is -2.36. The van der Waals surface area contributed by atoms with Crippen molar-refractivity contribution in [2.45, 2.75) is 32.4 Å². The summed E-state index contributed by atoms with van der Waals surface area (Å²) in [7, 11) is 2.14. The number of ether oxygens (including phenoxy) is 1. The van der Waals surface area contributed by atoms with Crippen LogP contribution in [0.4, 0.5) is 0 Å². The molecule has 1 heterocycles. The highest BCUT2D eigenvalue weighted by Crippen LogP contribution is 2.12. The van der Waals surface area contributed by atoms with Gasteiger partial charge in [-0.1, -0.05) is 19.1 Å². The van der Waals surface area contributed by atoms with Crippen molar-refractivity contribution in [3.05, 3.63) is 12.2 Å². The average Bonchev–Trinajstić information content (AvgIpc) is 2.18. The van der Waals surface area contributed by atoms with E-state index in [4.69, 9.17) is 4.74 Å². The quantitative estimate of drug-likeness (QED) is 0.694. The standard InChI is InChI=1S/C12H24N2O/c1-5-6-13-12(10(2)3)11-9-14(4)7-8-15-11/h11-13H,2,5-9H2,1,3-4H3. The smallest absolute Gasteiger partial charge is 0.0893 e. The normalized spacial score (nSPS) is 25.1. The van der Waals surface area contributed by atoms with Crippen molar-refractivity contribution in [2.75, 3.05) is 33.3 Å². The molecule has 1 N–H and O–H groups in total. The molecule has 2 unspecified atom stereocenters. The van der Waals surface area contributed by atoms with E-state index < -0.39 is 0 Å². The maximum absolute atomic E-state index is 5.80. The van der Waals surface area contributed by atoms with E-state index in [-0.39, 0.29) is 6.10 Å². The predicted octanol–water partition coefficient (Wildman–Crippen LogP) is 1.26. The van der Waals surface area contributed by atoms with Crippen LogP contribution in [0.5, 0.6) is 0 Å². The monoisotopic (exact) mass is 212 g/mol. The summed E-state index contributed by atoms with van der Waals surface area (Å²) in [4.78, 5) is 2.32. The fourth-order valence-electron chi connectivity index (χ4n) is 1.94. The van der Waals surface area contributed by atoms with E-state index in [1.54, 1.807) is 0 Å². The van der Waals surface area contributed by atoms with Gasteiger partial charge in [-0.25, -0.2) is 0 Å². The molecule has 15 heavy (non-hydrogen) atoms. The number of nitrogens with zero attached hydrogens (tertiary/aromatic N) is 1. The molecule has 0 aromatic carbocycles. The van der Waals surface area contributed by atoms with Gasteiger partial charge >= 0.3 is 0 Å². The lowest BCUT2D eigenvalue weighted by atomic mass is 10.0. The first kappa shape index (κ1) is 12.7. The summed E-state index contributed by atoms with van der Waals surface area (Å²) in [6, 6.07) is 0.299. The fourth-order valence-corrected chi connectivity index (χ4v) is 1.94. The summed E-state index contributed by atoms with van der Waals surface area (Å²) in [5.74, 6) is 0. The molecule has 1 saturated heterocycles. The zero-order valence-electron chi connectivity index (χ0n) is 10.3. The van der Waals surface area contributed by atoms with Crippen LogP contribution >= 0.6 is 0 Å². The molecular formula is C12H24N2O. The highest BCUT2D eigenvalue weighted by atomic mass is 16.5. The van der Waals surface area contributed by atoms with Gasteiger partial charge in [0.15, 0.2) is 0 Å². The van der Waals surface area contributed by atoms with Gasteiger partial charge in [-0.2, -0.15) is 0 Å². The minimum atomic E-state index is 0.257. The lowest BCUT2D eigenvalue weighted by Crippen LogP contribution is -2.51. The summed E-state index contributed by atoms with van der Waals surface area (Å²) in [5.41, 5.74) is 1.17. The highest BCUT2D eigenvalue weighted by molar-refractivity contribution is 5.06. The third kappa shape index (κ3) is 3.93. The zero-order chi connectivity index (χ0) is 11.3. The first-order valence-corrected chi connectivity index (χ1v) is 5.84. The minimum absolute atomic E-state index is 0.257. The lowest BCUT2D eigenvalue weighted by molar-refractivity contribution is -0.0321. The van der Waals surface area contributed by atoms with Gasteiger partial charge in [-0.3, -0.25) is 0 Å². The molecule has 0 spiro atoms. The van der Waals surface area contributed by atoms with Crippen LogP contribution in [-0.2, 0) is 4.74 Å². The second-order valence-corrected chi connectivity index (χ2v) is 4.45. The van der Waals surface area contributed by atoms with Crippen LogP contribution in [0.1, 0.15) is 20.3 Å². The van der Waals surface area contributed by atoms with Crippen molar-refractivity contribution < 1.29 is 4.74 Å².